The van der Waals surface area contributed by atoms with Gasteiger partial charge in [-0.15, -0.1) is 0 Å². The highest BCUT2D eigenvalue weighted by Gasteiger charge is 2.09. The Balaban J connectivity index is 2.26. The van der Waals surface area contributed by atoms with Crippen molar-refractivity contribution in [2.45, 2.75) is 19.9 Å². The summed E-state index contributed by atoms with van der Waals surface area (Å²) in [5.74, 6) is 0.942. The topological polar surface area (TPSA) is 65.8 Å². The van der Waals surface area contributed by atoms with Crippen molar-refractivity contribution in [2.24, 2.45) is 7.05 Å². The number of aryl methyl sites for hydroxylation is 3. The van der Waals surface area contributed by atoms with E-state index in [2.05, 4.69) is 20.9 Å². The average molecular weight is 311 g/mol. The smallest absolute Gasteiger partial charge is 0.265 e. The first-order valence-electron chi connectivity index (χ1n) is 5.62. The number of pyridine rings is 1. The fourth-order valence-corrected chi connectivity index (χ4v) is 2.22. The summed E-state index contributed by atoms with van der Waals surface area (Å²) in [6.45, 7) is 2.39. The number of hydrogen-bond donors (Lipinski definition) is 1. The van der Waals surface area contributed by atoms with Gasteiger partial charge in [-0.1, -0.05) is 0 Å². The molecule has 0 aliphatic heterocycles. The third kappa shape index (κ3) is 2.33. The van der Waals surface area contributed by atoms with Crippen molar-refractivity contribution in [1.82, 2.24) is 14.1 Å². The van der Waals surface area contributed by atoms with Gasteiger partial charge in [0.25, 0.3) is 5.56 Å². The van der Waals surface area contributed by atoms with Gasteiger partial charge in [0.15, 0.2) is 0 Å². The number of rotatable bonds is 3. The molecule has 0 fully saturated rings. The Bertz CT molecular complexity index is 629. The van der Waals surface area contributed by atoms with E-state index in [1.165, 1.54) is 0 Å². The maximum atomic E-state index is 12.0. The van der Waals surface area contributed by atoms with E-state index < -0.39 is 0 Å². The second-order valence-corrected chi connectivity index (χ2v) is 5.02. The van der Waals surface area contributed by atoms with E-state index in [1.807, 2.05) is 24.7 Å². The lowest BCUT2D eigenvalue weighted by Crippen LogP contribution is -2.23. The molecule has 0 aliphatic carbocycles. The van der Waals surface area contributed by atoms with Crippen LogP contribution in [-0.2, 0) is 20.0 Å². The van der Waals surface area contributed by atoms with E-state index in [0.717, 1.165) is 11.4 Å². The fourth-order valence-electron chi connectivity index (χ4n) is 1.76. The second-order valence-electron chi connectivity index (χ2n) is 4.23. The number of nitrogens with two attached hydrogens (primary N) is 1. The molecule has 0 unspecified atom stereocenters. The van der Waals surface area contributed by atoms with E-state index >= 15 is 0 Å². The average Bonchev–Trinajstić information content (AvgIpc) is 2.75. The lowest BCUT2D eigenvalue weighted by molar-refractivity contribution is 0.630. The van der Waals surface area contributed by atoms with Gasteiger partial charge in [0.05, 0.1) is 10.2 Å². The molecule has 0 aliphatic rings. The summed E-state index contributed by atoms with van der Waals surface area (Å²) in [6.07, 6.45) is 6.01. The van der Waals surface area contributed by atoms with Crippen LogP contribution in [0.15, 0.2) is 27.9 Å². The molecule has 0 amide bonds. The molecule has 0 aromatic carbocycles. The first-order valence-corrected chi connectivity index (χ1v) is 6.41. The van der Waals surface area contributed by atoms with Gasteiger partial charge in [-0.25, -0.2) is 4.98 Å². The Morgan fingerprint density at radius 1 is 1.50 bits per heavy atom. The van der Waals surface area contributed by atoms with Gasteiger partial charge >= 0.3 is 0 Å². The summed E-state index contributed by atoms with van der Waals surface area (Å²) in [4.78, 5) is 16.2. The van der Waals surface area contributed by atoms with Crippen molar-refractivity contribution in [3.05, 3.63) is 44.8 Å². The van der Waals surface area contributed by atoms with E-state index in [-0.39, 0.29) is 5.56 Å². The minimum Gasteiger partial charge on any atom is -0.397 e. The van der Waals surface area contributed by atoms with Crippen molar-refractivity contribution in [2.75, 3.05) is 5.73 Å². The first kappa shape index (κ1) is 12.9. The Morgan fingerprint density at radius 2 is 2.22 bits per heavy atom. The zero-order valence-corrected chi connectivity index (χ0v) is 11.9. The summed E-state index contributed by atoms with van der Waals surface area (Å²) < 4.78 is 4.08. The molecular formula is C12H15BrN4O. The van der Waals surface area contributed by atoms with Gasteiger partial charge in [-0.3, -0.25) is 4.79 Å². The van der Waals surface area contributed by atoms with Crippen LogP contribution in [0.4, 0.5) is 5.69 Å². The van der Waals surface area contributed by atoms with Crippen molar-refractivity contribution in [1.29, 1.82) is 0 Å². The molecule has 2 aromatic heterocycles. The quantitative estimate of drug-likeness (QED) is 0.933. The molecule has 6 heteroatoms. The number of imidazole rings is 1. The summed E-state index contributed by atoms with van der Waals surface area (Å²) in [6, 6.07) is 0. The summed E-state index contributed by atoms with van der Waals surface area (Å²) in [5, 5.41) is 0. The van der Waals surface area contributed by atoms with Gasteiger partial charge < -0.3 is 14.9 Å². The van der Waals surface area contributed by atoms with E-state index in [4.69, 9.17) is 5.73 Å². The highest BCUT2D eigenvalue weighted by molar-refractivity contribution is 9.10. The third-order valence-electron chi connectivity index (χ3n) is 3.00. The summed E-state index contributed by atoms with van der Waals surface area (Å²) in [7, 11) is 1.94. The molecule has 2 rings (SSSR count). The van der Waals surface area contributed by atoms with Crippen molar-refractivity contribution >= 4 is 21.6 Å². The minimum absolute atomic E-state index is 0.0593. The number of anilines is 1. The molecule has 0 spiro atoms. The van der Waals surface area contributed by atoms with E-state index in [0.29, 0.717) is 23.1 Å². The van der Waals surface area contributed by atoms with Crippen LogP contribution in [0.3, 0.4) is 0 Å². The second kappa shape index (κ2) is 4.97. The normalized spacial score (nSPS) is 10.8. The number of nitrogen functional groups attached to an aromatic ring is 1. The maximum Gasteiger partial charge on any atom is 0.265 e. The van der Waals surface area contributed by atoms with Crippen LogP contribution in [0.5, 0.6) is 0 Å². The Morgan fingerprint density at radius 3 is 2.83 bits per heavy atom. The van der Waals surface area contributed by atoms with Crippen molar-refractivity contribution in [3.8, 4) is 0 Å². The highest BCUT2D eigenvalue weighted by atomic mass is 79.9. The molecule has 0 radical (unpaired) electrons. The zero-order chi connectivity index (χ0) is 13.3. The van der Waals surface area contributed by atoms with E-state index in [9.17, 15) is 4.79 Å². The molecule has 0 saturated heterocycles. The Kier molecular flexibility index (Phi) is 3.56. The largest absolute Gasteiger partial charge is 0.397 e. The molecule has 0 saturated carbocycles. The summed E-state index contributed by atoms with van der Waals surface area (Å²) in [5.41, 5.74) is 7.20. The summed E-state index contributed by atoms with van der Waals surface area (Å²) >= 11 is 3.28. The van der Waals surface area contributed by atoms with E-state index in [1.54, 1.807) is 17.0 Å². The molecular weight excluding hydrogens is 296 g/mol. The fraction of sp³-hybridized carbons (Fsp3) is 0.333. The molecule has 0 atom stereocenters. The lowest BCUT2D eigenvalue weighted by atomic mass is 10.2. The van der Waals surface area contributed by atoms with Gasteiger partial charge in [0.1, 0.15) is 5.82 Å². The zero-order valence-electron chi connectivity index (χ0n) is 10.4. The number of aromatic nitrogens is 3. The predicted molar refractivity (Wildman–Crippen MR) is 74.5 cm³/mol. The van der Waals surface area contributed by atoms with Crippen LogP contribution in [-0.4, -0.2) is 14.1 Å². The highest BCUT2D eigenvalue weighted by Crippen LogP contribution is 2.17. The van der Waals surface area contributed by atoms with Crippen LogP contribution in [0, 0.1) is 6.92 Å². The van der Waals surface area contributed by atoms with Gasteiger partial charge in [0, 0.05) is 38.6 Å². The molecule has 2 N–H and O–H groups in total. The predicted octanol–water partition coefficient (Wildman–Crippen LogP) is 1.48. The van der Waals surface area contributed by atoms with Crippen LogP contribution < -0.4 is 11.3 Å². The van der Waals surface area contributed by atoms with Gasteiger partial charge in [-0.2, -0.15) is 0 Å². The first-order chi connectivity index (χ1) is 8.50. The minimum atomic E-state index is -0.0593. The SMILES string of the molecule is Cc1c(N)cn(CCc2nccn2C)c(=O)c1Br. The molecule has 0 bridgehead atoms. The molecule has 18 heavy (non-hydrogen) atoms. The Hall–Kier alpha value is -1.56. The van der Waals surface area contributed by atoms with Crippen molar-refractivity contribution < 1.29 is 0 Å². The third-order valence-corrected chi connectivity index (χ3v) is 3.94. The van der Waals surface area contributed by atoms with Crippen LogP contribution in [0.25, 0.3) is 0 Å². The van der Waals surface area contributed by atoms with Gasteiger partial charge in [0.2, 0.25) is 0 Å². The van der Waals surface area contributed by atoms with Gasteiger partial charge in [-0.05, 0) is 28.4 Å². The van der Waals surface area contributed by atoms with Crippen LogP contribution >= 0.6 is 15.9 Å². The molecule has 2 heterocycles. The molecule has 2 aromatic rings. The maximum absolute atomic E-state index is 12.0. The van der Waals surface area contributed by atoms with Crippen LogP contribution in [0.2, 0.25) is 0 Å². The van der Waals surface area contributed by atoms with Crippen LogP contribution in [0.1, 0.15) is 11.4 Å². The lowest BCUT2D eigenvalue weighted by Gasteiger charge is -2.10. The number of halogens is 1. The van der Waals surface area contributed by atoms with Crippen molar-refractivity contribution in [3.63, 3.8) is 0 Å². The number of hydrogen-bond acceptors (Lipinski definition) is 3. The molecule has 96 valence electrons. The monoisotopic (exact) mass is 310 g/mol. The number of nitrogens with zero attached hydrogens (tertiary/aromatic N) is 3. The standard InChI is InChI=1S/C12H15BrN4O/c1-8-9(14)7-17(12(18)11(8)13)5-3-10-15-4-6-16(10)2/h4,6-7H,3,5,14H2,1-2H3. The molecule has 5 nitrogen and oxygen atoms in total. The Labute approximate surface area is 113 Å².